The number of carbonyl (C=O) groups excluding carboxylic acids is 1. The van der Waals surface area contributed by atoms with E-state index >= 15 is 0 Å². The number of carbonyl (C=O) groups is 1. The van der Waals surface area contributed by atoms with Gasteiger partial charge in [0.25, 0.3) is 5.91 Å². The third-order valence-electron chi connectivity index (χ3n) is 3.93. The first kappa shape index (κ1) is 12.9. The molecular weight excluding hydrogens is 248 g/mol. The van der Waals surface area contributed by atoms with Crippen molar-refractivity contribution in [1.29, 1.82) is 0 Å². The molecule has 0 bridgehead atoms. The van der Waals surface area contributed by atoms with E-state index in [-0.39, 0.29) is 11.9 Å². The molecule has 1 aliphatic carbocycles. The van der Waals surface area contributed by atoms with Gasteiger partial charge in [-0.1, -0.05) is 24.3 Å². The van der Waals surface area contributed by atoms with E-state index < -0.39 is 0 Å². The van der Waals surface area contributed by atoms with Crippen LogP contribution in [0.1, 0.15) is 33.6 Å². The summed E-state index contributed by atoms with van der Waals surface area (Å²) >= 11 is 0. The van der Waals surface area contributed by atoms with Crippen LogP contribution in [0, 0.1) is 6.92 Å². The van der Waals surface area contributed by atoms with E-state index in [1.54, 1.807) is 12.3 Å². The van der Waals surface area contributed by atoms with Crippen molar-refractivity contribution in [1.82, 2.24) is 10.3 Å². The van der Waals surface area contributed by atoms with Crippen molar-refractivity contribution in [3.63, 3.8) is 0 Å². The van der Waals surface area contributed by atoms with Gasteiger partial charge in [0.1, 0.15) is 0 Å². The van der Waals surface area contributed by atoms with Crippen molar-refractivity contribution >= 4 is 5.91 Å². The van der Waals surface area contributed by atoms with Crippen LogP contribution >= 0.6 is 0 Å². The summed E-state index contributed by atoms with van der Waals surface area (Å²) in [6, 6.07) is 12.3. The van der Waals surface area contributed by atoms with Gasteiger partial charge in [-0.25, -0.2) is 0 Å². The van der Waals surface area contributed by atoms with E-state index in [9.17, 15) is 4.79 Å². The first-order chi connectivity index (χ1) is 9.74. The molecule has 1 aromatic heterocycles. The number of hydrogen-bond donors (Lipinski definition) is 1. The Kier molecular flexibility index (Phi) is 3.50. The van der Waals surface area contributed by atoms with Crippen molar-refractivity contribution in [3.05, 3.63) is 65.0 Å². The third kappa shape index (κ3) is 2.57. The van der Waals surface area contributed by atoms with E-state index in [1.807, 2.05) is 13.0 Å². The molecular formula is C17H18N2O. The Balaban J connectivity index is 1.71. The Hall–Kier alpha value is -2.16. The summed E-state index contributed by atoms with van der Waals surface area (Å²) in [5, 5.41) is 3.14. The minimum Gasteiger partial charge on any atom is -0.349 e. The van der Waals surface area contributed by atoms with E-state index in [0.717, 1.165) is 25.0 Å². The molecule has 3 nitrogen and oxygen atoms in total. The summed E-state index contributed by atoms with van der Waals surface area (Å²) in [6.45, 7) is 1.87. The highest BCUT2D eigenvalue weighted by Gasteiger charge is 2.21. The molecule has 0 aliphatic heterocycles. The normalized spacial score (nSPS) is 17.4. The highest BCUT2D eigenvalue weighted by molar-refractivity contribution is 5.95. The number of rotatable bonds is 2. The predicted molar refractivity (Wildman–Crippen MR) is 78.7 cm³/mol. The van der Waals surface area contributed by atoms with Gasteiger partial charge < -0.3 is 5.32 Å². The molecule has 1 amide bonds. The van der Waals surface area contributed by atoms with Gasteiger partial charge in [0, 0.05) is 17.9 Å². The number of benzene rings is 1. The number of aromatic nitrogens is 1. The number of amides is 1. The first-order valence-electron chi connectivity index (χ1n) is 7.03. The molecule has 1 N–H and O–H groups in total. The fourth-order valence-electron chi connectivity index (χ4n) is 2.81. The zero-order valence-corrected chi connectivity index (χ0v) is 11.6. The van der Waals surface area contributed by atoms with Gasteiger partial charge in [0.05, 0.1) is 5.56 Å². The van der Waals surface area contributed by atoms with Crippen molar-refractivity contribution < 1.29 is 4.79 Å². The highest BCUT2D eigenvalue weighted by Crippen LogP contribution is 2.21. The lowest BCUT2D eigenvalue weighted by Crippen LogP contribution is -2.39. The number of pyridine rings is 1. The standard InChI is InChI=1S/C17H18N2O/c1-12-16(7-4-10-18-12)17(20)19-15-9-8-13-5-2-3-6-14(13)11-15/h2-7,10,15H,8-9,11H2,1H3,(H,19,20)/t15-/m0/s1. The number of hydrogen-bond acceptors (Lipinski definition) is 2. The summed E-state index contributed by atoms with van der Waals surface area (Å²) in [5.74, 6) is -0.0139. The molecule has 3 heteroatoms. The smallest absolute Gasteiger partial charge is 0.253 e. The predicted octanol–water partition coefficient (Wildman–Crippen LogP) is 2.68. The van der Waals surface area contributed by atoms with Gasteiger partial charge >= 0.3 is 0 Å². The molecule has 102 valence electrons. The second-order valence-electron chi connectivity index (χ2n) is 5.32. The van der Waals surface area contributed by atoms with Crippen LogP contribution in [0.5, 0.6) is 0 Å². The maximum Gasteiger partial charge on any atom is 0.253 e. The zero-order valence-electron chi connectivity index (χ0n) is 11.6. The molecule has 20 heavy (non-hydrogen) atoms. The lowest BCUT2D eigenvalue weighted by atomic mass is 9.88. The fraction of sp³-hybridized carbons (Fsp3) is 0.294. The van der Waals surface area contributed by atoms with E-state index in [0.29, 0.717) is 5.56 Å². The summed E-state index contributed by atoms with van der Waals surface area (Å²) < 4.78 is 0. The molecule has 1 aromatic carbocycles. The van der Waals surface area contributed by atoms with E-state index in [4.69, 9.17) is 0 Å². The topological polar surface area (TPSA) is 42.0 Å². The number of aryl methyl sites for hydroxylation is 2. The molecule has 0 unspecified atom stereocenters. The van der Waals surface area contributed by atoms with Gasteiger partial charge in [-0.05, 0) is 49.4 Å². The Bertz CT molecular complexity index is 636. The summed E-state index contributed by atoms with van der Waals surface area (Å²) in [4.78, 5) is 16.5. The first-order valence-corrected chi connectivity index (χ1v) is 7.03. The molecule has 0 saturated heterocycles. The van der Waals surface area contributed by atoms with Gasteiger partial charge in [0.15, 0.2) is 0 Å². The minimum absolute atomic E-state index is 0.0139. The van der Waals surface area contributed by atoms with Crippen LogP contribution in [0.25, 0.3) is 0 Å². The molecule has 1 heterocycles. The second-order valence-corrected chi connectivity index (χ2v) is 5.32. The van der Waals surface area contributed by atoms with Crippen molar-refractivity contribution in [2.24, 2.45) is 0 Å². The Morgan fingerprint density at radius 2 is 2.00 bits per heavy atom. The SMILES string of the molecule is Cc1ncccc1C(=O)N[C@H]1CCc2ccccc2C1. The lowest BCUT2D eigenvalue weighted by molar-refractivity contribution is 0.0932. The van der Waals surface area contributed by atoms with Crippen molar-refractivity contribution in [2.45, 2.75) is 32.2 Å². The fourth-order valence-corrected chi connectivity index (χ4v) is 2.81. The largest absolute Gasteiger partial charge is 0.349 e. The third-order valence-corrected chi connectivity index (χ3v) is 3.93. The average Bonchev–Trinajstić information content (AvgIpc) is 2.47. The van der Waals surface area contributed by atoms with Crippen LogP contribution in [-0.4, -0.2) is 16.9 Å². The number of fused-ring (bicyclic) bond motifs is 1. The Labute approximate surface area is 119 Å². The summed E-state index contributed by atoms with van der Waals surface area (Å²) in [7, 11) is 0. The minimum atomic E-state index is -0.0139. The maximum atomic E-state index is 12.3. The van der Waals surface area contributed by atoms with Gasteiger partial charge in [-0.2, -0.15) is 0 Å². The van der Waals surface area contributed by atoms with Crippen LogP contribution in [0.3, 0.4) is 0 Å². The Morgan fingerprint density at radius 1 is 1.20 bits per heavy atom. The molecule has 0 fully saturated rings. The van der Waals surface area contributed by atoms with Gasteiger partial charge in [0.2, 0.25) is 0 Å². The molecule has 0 spiro atoms. The maximum absolute atomic E-state index is 12.3. The molecule has 1 aliphatic rings. The van der Waals surface area contributed by atoms with E-state index in [1.165, 1.54) is 11.1 Å². The van der Waals surface area contributed by atoms with Gasteiger partial charge in [-0.15, -0.1) is 0 Å². The zero-order chi connectivity index (χ0) is 13.9. The van der Waals surface area contributed by atoms with Crippen LogP contribution in [0.15, 0.2) is 42.6 Å². The lowest BCUT2D eigenvalue weighted by Gasteiger charge is -2.25. The van der Waals surface area contributed by atoms with Crippen molar-refractivity contribution in [2.75, 3.05) is 0 Å². The Morgan fingerprint density at radius 3 is 2.80 bits per heavy atom. The molecule has 0 saturated carbocycles. The molecule has 1 atom stereocenters. The van der Waals surface area contributed by atoms with E-state index in [2.05, 4.69) is 34.6 Å². The number of nitrogens with one attached hydrogen (secondary N) is 1. The van der Waals surface area contributed by atoms with Crippen LogP contribution in [0.4, 0.5) is 0 Å². The average molecular weight is 266 g/mol. The second kappa shape index (κ2) is 5.45. The van der Waals surface area contributed by atoms with Crippen LogP contribution in [0.2, 0.25) is 0 Å². The quantitative estimate of drug-likeness (QED) is 0.908. The van der Waals surface area contributed by atoms with Gasteiger partial charge in [-0.3, -0.25) is 9.78 Å². The van der Waals surface area contributed by atoms with Crippen LogP contribution in [-0.2, 0) is 12.8 Å². The number of nitrogens with zero attached hydrogens (tertiary/aromatic N) is 1. The summed E-state index contributed by atoms with van der Waals surface area (Å²) in [5.41, 5.74) is 4.22. The summed E-state index contributed by atoms with van der Waals surface area (Å²) in [6.07, 6.45) is 4.67. The molecule has 0 radical (unpaired) electrons. The molecule has 3 rings (SSSR count). The highest BCUT2D eigenvalue weighted by atomic mass is 16.1. The van der Waals surface area contributed by atoms with Crippen molar-refractivity contribution in [3.8, 4) is 0 Å². The molecule has 2 aromatic rings. The van der Waals surface area contributed by atoms with Crippen LogP contribution < -0.4 is 5.32 Å². The monoisotopic (exact) mass is 266 g/mol.